The molecule has 0 radical (unpaired) electrons. The lowest BCUT2D eigenvalue weighted by atomic mass is 9.87. The zero-order chi connectivity index (χ0) is 15.4. The first kappa shape index (κ1) is 16.4. The van der Waals surface area contributed by atoms with E-state index in [2.05, 4.69) is 0 Å². The van der Waals surface area contributed by atoms with E-state index in [0.29, 0.717) is 13.8 Å². The second-order valence-electron chi connectivity index (χ2n) is 4.92. The van der Waals surface area contributed by atoms with Gasteiger partial charge >= 0.3 is 18.5 Å². The third kappa shape index (κ3) is 2.94. The average molecular weight is 302 g/mol. The van der Waals surface area contributed by atoms with Crippen molar-refractivity contribution >= 4 is 0 Å². The van der Waals surface area contributed by atoms with Gasteiger partial charge in [0.25, 0.3) is 0 Å². The summed E-state index contributed by atoms with van der Waals surface area (Å²) in [5.74, 6) is -12.9. The maximum Gasteiger partial charge on any atom is 0.392 e. The van der Waals surface area contributed by atoms with Gasteiger partial charge in [-0.2, -0.15) is 39.5 Å². The van der Waals surface area contributed by atoms with E-state index in [1.165, 1.54) is 0 Å². The third-order valence-corrected chi connectivity index (χ3v) is 3.79. The third-order valence-electron chi connectivity index (χ3n) is 3.79. The van der Waals surface area contributed by atoms with E-state index in [0.717, 1.165) is 0 Å². The quantitative estimate of drug-likeness (QED) is 0.563. The lowest BCUT2D eigenvalue weighted by molar-refractivity contribution is -0.257. The minimum atomic E-state index is -5.31. The van der Waals surface area contributed by atoms with Crippen LogP contribution in [0, 0.1) is 29.6 Å². The van der Waals surface area contributed by atoms with Crippen molar-refractivity contribution in [3.05, 3.63) is 0 Å². The van der Waals surface area contributed by atoms with E-state index in [-0.39, 0.29) is 0 Å². The smallest absolute Gasteiger partial charge is 0.171 e. The molecule has 0 aromatic carbocycles. The van der Waals surface area contributed by atoms with Gasteiger partial charge in [-0.1, -0.05) is 13.8 Å². The Labute approximate surface area is 103 Å². The van der Waals surface area contributed by atoms with Crippen LogP contribution in [0.1, 0.15) is 13.8 Å². The molecular weight excluding hydrogens is 291 g/mol. The van der Waals surface area contributed by atoms with Crippen LogP contribution in [0.3, 0.4) is 0 Å². The zero-order valence-corrected chi connectivity index (χ0v) is 9.79. The molecule has 0 aromatic heterocycles. The van der Waals surface area contributed by atoms with Gasteiger partial charge in [-0.25, -0.2) is 0 Å². The summed E-state index contributed by atoms with van der Waals surface area (Å²) in [6.45, 7) is 1.16. The first-order chi connectivity index (χ1) is 8.19. The van der Waals surface area contributed by atoms with Crippen LogP contribution < -0.4 is 0 Å². The summed E-state index contributed by atoms with van der Waals surface area (Å²) in [4.78, 5) is 0. The monoisotopic (exact) mass is 302 g/mol. The molecule has 0 aromatic rings. The molecule has 0 nitrogen and oxygen atoms in total. The fourth-order valence-electron chi connectivity index (χ4n) is 3.18. The van der Waals surface area contributed by atoms with E-state index < -0.39 is 48.1 Å². The van der Waals surface area contributed by atoms with Crippen molar-refractivity contribution < 1.29 is 39.5 Å². The first-order valence-corrected chi connectivity index (χ1v) is 5.39. The van der Waals surface area contributed by atoms with E-state index in [1.54, 1.807) is 0 Å². The van der Waals surface area contributed by atoms with Gasteiger partial charge in [-0.05, 0) is 11.8 Å². The molecule has 0 spiro atoms. The predicted octanol–water partition coefficient (Wildman–Crippen LogP) is 4.81. The van der Waals surface area contributed by atoms with Crippen LogP contribution in [0.2, 0.25) is 0 Å². The van der Waals surface area contributed by atoms with Gasteiger partial charge in [0.1, 0.15) is 0 Å². The molecule has 0 heterocycles. The summed E-state index contributed by atoms with van der Waals surface area (Å²) in [5.41, 5.74) is 0. The van der Waals surface area contributed by atoms with E-state index in [4.69, 9.17) is 0 Å². The Balaban J connectivity index is 3.29. The van der Waals surface area contributed by atoms with Gasteiger partial charge in [-0.3, -0.25) is 0 Å². The van der Waals surface area contributed by atoms with Gasteiger partial charge in [-0.15, -0.1) is 0 Å². The highest BCUT2D eigenvalue weighted by Crippen LogP contribution is 2.61. The van der Waals surface area contributed by atoms with Crippen molar-refractivity contribution in [1.82, 2.24) is 0 Å². The molecule has 114 valence electrons. The Morgan fingerprint density at radius 1 is 0.474 bits per heavy atom. The standard InChI is InChI=1S/C10H11F9/c1-3-5(8(11,12)13)4(2)7(10(17,18)19)6(3)9(14,15)16/h3-7H,1-2H3. The Hall–Kier alpha value is -0.630. The van der Waals surface area contributed by atoms with Crippen LogP contribution >= 0.6 is 0 Å². The lowest BCUT2D eigenvalue weighted by Crippen LogP contribution is -2.39. The molecular formula is C10H11F9. The van der Waals surface area contributed by atoms with Crippen molar-refractivity contribution in [3.63, 3.8) is 0 Å². The summed E-state index contributed by atoms with van der Waals surface area (Å²) >= 11 is 0. The molecule has 1 saturated carbocycles. The minimum absolute atomic E-state index is 0.582. The molecule has 0 bridgehead atoms. The maximum absolute atomic E-state index is 12.7. The predicted molar refractivity (Wildman–Crippen MR) is 47.0 cm³/mol. The second kappa shape index (κ2) is 4.44. The number of alkyl halides is 9. The SMILES string of the molecule is CC1C(C(F)(F)F)C(C)C(C(F)(F)F)C1C(F)(F)F. The van der Waals surface area contributed by atoms with Crippen LogP contribution in [-0.2, 0) is 0 Å². The normalized spacial score (nSPS) is 37.7. The van der Waals surface area contributed by atoms with E-state index in [9.17, 15) is 39.5 Å². The van der Waals surface area contributed by atoms with Gasteiger partial charge in [0.05, 0.1) is 17.8 Å². The summed E-state index contributed by atoms with van der Waals surface area (Å²) in [5, 5.41) is 0. The van der Waals surface area contributed by atoms with Gasteiger partial charge in [0.2, 0.25) is 0 Å². The number of hydrogen-bond acceptors (Lipinski definition) is 0. The largest absolute Gasteiger partial charge is 0.392 e. The highest BCUT2D eigenvalue weighted by molar-refractivity contribution is 5.01. The van der Waals surface area contributed by atoms with Crippen molar-refractivity contribution in [2.24, 2.45) is 29.6 Å². The highest BCUT2D eigenvalue weighted by Gasteiger charge is 2.69. The molecule has 1 fully saturated rings. The zero-order valence-electron chi connectivity index (χ0n) is 9.79. The van der Waals surface area contributed by atoms with Crippen molar-refractivity contribution in [3.8, 4) is 0 Å². The maximum atomic E-state index is 12.7. The van der Waals surface area contributed by atoms with E-state index in [1.807, 2.05) is 0 Å². The van der Waals surface area contributed by atoms with Crippen LogP contribution in [-0.4, -0.2) is 18.5 Å². The topological polar surface area (TPSA) is 0 Å². The second-order valence-corrected chi connectivity index (χ2v) is 4.92. The van der Waals surface area contributed by atoms with Crippen LogP contribution in [0.15, 0.2) is 0 Å². The summed E-state index contributed by atoms with van der Waals surface area (Å²) < 4.78 is 114. The number of halogens is 9. The summed E-state index contributed by atoms with van der Waals surface area (Å²) in [6.07, 6.45) is -15.7. The molecule has 4 atom stereocenters. The van der Waals surface area contributed by atoms with Gasteiger partial charge in [0.15, 0.2) is 0 Å². The molecule has 0 amide bonds. The van der Waals surface area contributed by atoms with Crippen LogP contribution in [0.25, 0.3) is 0 Å². The lowest BCUT2D eigenvalue weighted by Gasteiger charge is -2.28. The van der Waals surface area contributed by atoms with Gasteiger partial charge < -0.3 is 0 Å². The Kier molecular flexibility index (Phi) is 3.84. The average Bonchev–Trinajstić information content (AvgIpc) is 2.33. The Morgan fingerprint density at radius 3 is 0.842 bits per heavy atom. The summed E-state index contributed by atoms with van der Waals surface area (Å²) in [7, 11) is 0. The molecule has 1 rings (SSSR count). The molecule has 4 unspecified atom stereocenters. The number of hydrogen-bond donors (Lipinski definition) is 0. The van der Waals surface area contributed by atoms with Gasteiger partial charge in [0, 0.05) is 0 Å². The molecule has 0 saturated heterocycles. The molecule has 19 heavy (non-hydrogen) atoms. The molecule has 1 aliphatic carbocycles. The van der Waals surface area contributed by atoms with Crippen molar-refractivity contribution in [2.45, 2.75) is 32.4 Å². The summed E-state index contributed by atoms with van der Waals surface area (Å²) in [6, 6.07) is 0. The fraction of sp³-hybridized carbons (Fsp3) is 1.00. The van der Waals surface area contributed by atoms with Crippen LogP contribution in [0.5, 0.6) is 0 Å². The van der Waals surface area contributed by atoms with Crippen LogP contribution in [0.4, 0.5) is 39.5 Å². The minimum Gasteiger partial charge on any atom is -0.171 e. The molecule has 1 aliphatic rings. The molecule has 0 aliphatic heterocycles. The first-order valence-electron chi connectivity index (χ1n) is 5.39. The van der Waals surface area contributed by atoms with Crippen molar-refractivity contribution in [1.29, 1.82) is 0 Å². The molecule has 9 heteroatoms. The molecule has 0 N–H and O–H groups in total. The number of rotatable bonds is 0. The highest BCUT2D eigenvalue weighted by atomic mass is 19.4. The Morgan fingerprint density at radius 2 is 0.684 bits per heavy atom. The van der Waals surface area contributed by atoms with E-state index >= 15 is 0 Å². The Bertz CT molecular complexity index is 297. The fourth-order valence-corrected chi connectivity index (χ4v) is 3.18. The van der Waals surface area contributed by atoms with Crippen molar-refractivity contribution in [2.75, 3.05) is 0 Å².